The molecular weight excluding hydrogens is 434 g/mol. The van der Waals surface area contributed by atoms with Gasteiger partial charge in [0.15, 0.2) is 28.5 Å². The molecule has 1 aliphatic heterocycles. The highest BCUT2D eigenvalue weighted by molar-refractivity contribution is 6.74. The van der Waals surface area contributed by atoms with E-state index in [1.165, 1.54) is 0 Å². The highest BCUT2D eigenvalue weighted by Crippen LogP contribution is 2.54. The standard InChI is InChI=1S/C25H47NO4Si2/c1-18-19(29-32(12,13)22(2,3)4)14-25(15-26,30-31(9,10)11)24(7,8)20(18)21-27-16-23(5,6)17-28-21/h19,21H,14,16-17H2,1-13H3/t19-,25-/m0/s1. The van der Waals surface area contributed by atoms with E-state index in [1.54, 1.807) is 0 Å². The number of nitriles is 1. The Balaban J connectivity index is 2.63. The Morgan fingerprint density at radius 3 is 1.91 bits per heavy atom. The molecule has 2 rings (SSSR count). The van der Waals surface area contributed by atoms with Crippen LogP contribution in [0.15, 0.2) is 11.1 Å². The van der Waals surface area contributed by atoms with Crippen molar-refractivity contribution in [3.63, 3.8) is 0 Å². The van der Waals surface area contributed by atoms with Gasteiger partial charge in [-0.1, -0.05) is 48.5 Å². The summed E-state index contributed by atoms with van der Waals surface area (Å²) in [6.45, 7) is 29.6. The second-order valence-electron chi connectivity index (χ2n) is 13.6. The Labute approximate surface area is 199 Å². The summed E-state index contributed by atoms with van der Waals surface area (Å²) in [4.78, 5) is 0. The smallest absolute Gasteiger partial charge is 0.192 e. The summed E-state index contributed by atoms with van der Waals surface area (Å²) in [6, 6.07) is 2.63. The normalized spacial score (nSPS) is 29.7. The molecule has 1 fully saturated rings. The maximum atomic E-state index is 10.6. The minimum atomic E-state index is -2.09. The lowest BCUT2D eigenvalue weighted by Gasteiger charge is -2.55. The minimum Gasteiger partial charge on any atom is -0.410 e. The lowest BCUT2D eigenvalue weighted by Crippen LogP contribution is -2.60. The second kappa shape index (κ2) is 8.62. The van der Waals surface area contributed by atoms with Gasteiger partial charge in [-0.2, -0.15) is 5.26 Å². The van der Waals surface area contributed by atoms with Gasteiger partial charge in [-0.3, -0.25) is 0 Å². The van der Waals surface area contributed by atoms with Crippen molar-refractivity contribution in [3.05, 3.63) is 11.1 Å². The van der Waals surface area contributed by atoms with Gasteiger partial charge in [0.1, 0.15) is 0 Å². The third-order valence-electron chi connectivity index (χ3n) is 7.45. The lowest BCUT2D eigenvalue weighted by atomic mass is 9.62. The van der Waals surface area contributed by atoms with Crippen molar-refractivity contribution in [2.45, 2.75) is 118 Å². The summed E-state index contributed by atoms with van der Waals surface area (Å²) in [5.41, 5.74) is 0.546. The summed E-state index contributed by atoms with van der Waals surface area (Å²) in [7, 11) is -4.13. The fourth-order valence-corrected chi connectivity index (χ4v) is 7.21. The zero-order valence-corrected chi connectivity index (χ0v) is 24.9. The Hall–Kier alpha value is -0.496. The van der Waals surface area contributed by atoms with Crippen LogP contribution in [0, 0.1) is 22.2 Å². The minimum absolute atomic E-state index is 0.0258. The Bertz CT molecular complexity index is 773. The van der Waals surface area contributed by atoms with E-state index in [-0.39, 0.29) is 16.6 Å². The van der Waals surface area contributed by atoms with Gasteiger partial charge in [-0.05, 0) is 55.8 Å². The topological polar surface area (TPSA) is 60.7 Å². The van der Waals surface area contributed by atoms with Gasteiger partial charge in [0.25, 0.3) is 0 Å². The molecule has 0 aromatic carbocycles. The highest BCUT2D eigenvalue weighted by Gasteiger charge is 2.59. The first-order chi connectivity index (χ1) is 14.2. The molecule has 0 bridgehead atoms. The summed E-state index contributed by atoms with van der Waals surface area (Å²) in [6.07, 6.45) is -0.153. The molecule has 0 spiro atoms. The van der Waals surface area contributed by atoms with E-state index < -0.39 is 33.9 Å². The van der Waals surface area contributed by atoms with Crippen LogP contribution in [0.4, 0.5) is 0 Å². The molecule has 0 amide bonds. The van der Waals surface area contributed by atoms with E-state index in [1.807, 2.05) is 0 Å². The van der Waals surface area contributed by atoms with Crippen LogP contribution < -0.4 is 0 Å². The first-order valence-corrected chi connectivity index (χ1v) is 18.2. The number of nitrogens with zero attached hydrogens (tertiary/aromatic N) is 1. The van der Waals surface area contributed by atoms with Crippen LogP contribution >= 0.6 is 0 Å². The second-order valence-corrected chi connectivity index (χ2v) is 22.7. The van der Waals surface area contributed by atoms with E-state index in [2.05, 4.69) is 94.2 Å². The van der Waals surface area contributed by atoms with Crippen LogP contribution in [0.25, 0.3) is 0 Å². The molecule has 1 saturated heterocycles. The van der Waals surface area contributed by atoms with Gasteiger partial charge in [0, 0.05) is 17.3 Å². The summed E-state index contributed by atoms with van der Waals surface area (Å²) in [5, 5.41) is 10.7. The number of rotatable bonds is 5. The zero-order chi connectivity index (χ0) is 25.0. The number of hydrogen-bond donors (Lipinski definition) is 0. The van der Waals surface area contributed by atoms with E-state index >= 15 is 0 Å². The van der Waals surface area contributed by atoms with Crippen molar-refractivity contribution in [2.75, 3.05) is 13.2 Å². The molecule has 0 unspecified atom stereocenters. The molecule has 2 atom stereocenters. The molecule has 0 aromatic heterocycles. The first-order valence-electron chi connectivity index (χ1n) is 11.9. The Kier molecular flexibility index (Phi) is 7.47. The average molecular weight is 482 g/mol. The van der Waals surface area contributed by atoms with Crippen molar-refractivity contribution in [3.8, 4) is 6.07 Å². The number of hydrogen-bond acceptors (Lipinski definition) is 5. The maximum Gasteiger partial charge on any atom is 0.192 e. The fourth-order valence-electron chi connectivity index (χ4n) is 4.46. The summed E-state index contributed by atoms with van der Waals surface area (Å²) < 4.78 is 26.2. The lowest BCUT2D eigenvalue weighted by molar-refractivity contribution is -0.215. The summed E-state index contributed by atoms with van der Waals surface area (Å²) >= 11 is 0. The van der Waals surface area contributed by atoms with Gasteiger partial charge in [0.05, 0.1) is 25.4 Å². The van der Waals surface area contributed by atoms with Crippen molar-refractivity contribution in [1.29, 1.82) is 5.26 Å². The Morgan fingerprint density at radius 2 is 1.50 bits per heavy atom. The van der Waals surface area contributed by atoms with E-state index in [0.717, 1.165) is 11.1 Å². The van der Waals surface area contributed by atoms with E-state index in [9.17, 15) is 5.26 Å². The average Bonchev–Trinajstić information content (AvgIpc) is 2.58. The molecule has 0 N–H and O–H groups in total. The van der Waals surface area contributed by atoms with E-state index in [0.29, 0.717) is 19.6 Å². The zero-order valence-electron chi connectivity index (χ0n) is 22.9. The third-order valence-corrected chi connectivity index (χ3v) is 12.9. The summed E-state index contributed by atoms with van der Waals surface area (Å²) in [5.74, 6) is 0. The first kappa shape index (κ1) is 27.7. The quantitative estimate of drug-likeness (QED) is 0.325. The van der Waals surface area contributed by atoms with Crippen LogP contribution in [0.2, 0.25) is 37.8 Å². The Morgan fingerprint density at radius 1 is 1.00 bits per heavy atom. The fraction of sp³-hybridized carbons (Fsp3) is 0.880. The molecule has 0 aromatic rings. The van der Waals surface area contributed by atoms with Crippen LogP contribution in [-0.4, -0.2) is 47.8 Å². The van der Waals surface area contributed by atoms with Gasteiger partial charge >= 0.3 is 0 Å². The van der Waals surface area contributed by atoms with Crippen molar-refractivity contribution >= 4 is 16.6 Å². The van der Waals surface area contributed by atoms with Crippen molar-refractivity contribution < 1.29 is 18.3 Å². The predicted molar refractivity (Wildman–Crippen MR) is 135 cm³/mol. The van der Waals surface area contributed by atoms with Gasteiger partial charge in [-0.25, -0.2) is 0 Å². The number of ether oxygens (including phenoxy) is 2. The van der Waals surface area contributed by atoms with Crippen molar-refractivity contribution in [2.24, 2.45) is 10.8 Å². The monoisotopic (exact) mass is 481 g/mol. The third kappa shape index (κ3) is 5.42. The molecule has 2 aliphatic rings. The highest BCUT2D eigenvalue weighted by atomic mass is 28.4. The van der Waals surface area contributed by atoms with Gasteiger partial charge < -0.3 is 18.3 Å². The molecule has 0 saturated carbocycles. The molecule has 1 heterocycles. The molecule has 5 nitrogen and oxygen atoms in total. The van der Waals surface area contributed by atoms with Crippen LogP contribution in [0.5, 0.6) is 0 Å². The molecule has 32 heavy (non-hydrogen) atoms. The van der Waals surface area contributed by atoms with Crippen LogP contribution in [0.3, 0.4) is 0 Å². The van der Waals surface area contributed by atoms with Gasteiger partial charge in [0.2, 0.25) is 0 Å². The van der Waals surface area contributed by atoms with Gasteiger partial charge in [-0.15, -0.1) is 0 Å². The van der Waals surface area contributed by atoms with E-state index in [4.69, 9.17) is 18.3 Å². The molecule has 0 radical (unpaired) electrons. The molecular formula is C25H47NO4Si2. The van der Waals surface area contributed by atoms with Crippen LogP contribution in [-0.2, 0) is 18.3 Å². The molecule has 1 aliphatic carbocycles. The predicted octanol–water partition coefficient (Wildman–Crippen LogP) is 6.64. The SMILES string of the molecule is CC1=C(C2OCC(C)(C)CO2)C(C)(C)[C@](C#N)(O[Si](C)(C)C)C[C@@H]1O[Si](C)(C)C(C)(C)C. The largest absolute Gasteiger partial charge is 0.410 e. The molecule has 184 valence electrons. The maximum absolute atomic E-state index is 10.6. The molecule has 7 heteroatoms. The van der Waals surface area contributed by atoms with Crippen molar-refractivity contribution in [1.82, 2.24) is 0 Å². The van der Waals surface area contributed by atoms with Crippen LogP contribution in [0.1, 0.15) is 61.8 Å².